The Bertz CT molecular complexity index is 642. The highest BCUT2D eigenvalue weighted by molar-refractivity contribution is 5.73. The zero-order valence-electron chi connectivity index (χ0n) is 12.9. The smallest absolute Gasteiger partial charge is 0.219 e. The van der Waals surface area contributed by atoms with Crippen LogP contribution in [0.1, 0.15) is 25.5 Å². The number of aromatic nitrogens is 2. The Hall–Kier alpha value is -2.23. The van der Waals surface area contributed by atoms with E-state index in [-0.39, 0.29) is 5.91 Å². The van der Waals surface area contributed by atoms with Crippen molar-refractivity contribution >= 4 is 5.91 Å². The number of carbonyl (C=O) groups is 1. The van der Waals surface area contributed by atoms with Gasteiger partial charge >= 0.3 is 0 Å². The van der Waals surface area contributed by atoms with E-state index in [1.807, 2.05) is 47.6 Å². The number of likely N-dealkylation sites (tertiary alicyclic amines) is 1. The Morgan fingerprint density at radius 2 is 2.09 bits per heavy atom. The van der Waals surface area contributed by atoms with E-state index in [9.17, 15) is 4.79 Å². The molecule has 2 aromatic rings. The maximum Gasteiger partial charge on any atom is 0.219 e. The Labute approximate surface area is 131 Å². The van der Waals surface area contributed by atoms with Crippen molar-refractivity contribution in [2.24, 2.45) is 5.92 Å². The number of benzene rings is 1. The van der Waals surface area contributed by atoms with E-state index in [1.165, 1.54) is 0 Å². The van der Waals surface area contributed by atoms with Crippen LogP contribution in [-0.2, 0) is 11.2 Å². The van der Waals surface area contributed by atoms with E-state index in [0.717, 1.165) is 49.3 Å². The van der Waals surface area contributed by atoms with Crippen LogP contribution in [-0.4, -0.2) is 33.9 Å². The number of hydrogen-bond acceptors (Lipinski definition) is 3. The Balaban J connectivity index is 1.72. The quantitative estimate of drug-likeness (QED) is 0.874. The van der Waals surface area contributed by atoms with Crippen molar-refractivity contribution in [1.29, 1.82) is 0 Å². The summed E-state index contributed by atoms with van der Waals surface area (Å²) in [6.45, 7) is 3.38. The summed E-state index contributed by atoms with van der Waals surface area (Å²) in [5, 5.41) is 0. The molecule has 1 aromatic carbocycles. The molecule has 1 aliphatic heterocycles. The lowest BCUT2D eigenvalue weighted by Gasteiger charge is -2.31. The average Bonchev–Trinajstić information content (AvgIpc) is 2.56. The molecule has 0 bridgehead atoms. The standard InChI is InChI=1S/C18H21N3O/c1-14(22)21-9-5-6-15(13-21)10-17-11-19-12-18(20-17)16-7-3-2-4-8-16/h2-4,7-8,11-12,15H,5-6,9-10,13H2,1H3. The van der Waals surface area contributed by atoms with Gasteiger partial charge in [-0.3, -0.25) is 9.78 Å². The fourth-order valence-electron chi connectivity index (χ4n) is 3.07. The molecule has 1 amide bonds. The Morgan fingerprint density at radius 3 is 2.86 bits per heavy atom. The highest BCUT2D eigenvalue weighted by atomic mass is 16.2. The third kappa shape index (κ3) is 3.50. The number of piperidine rings is 1. The normalized spacial score (nSPS) is 18.2. The van der Waals surface area contributed by atoms with Gasteiger partial charge in [0, 0.05) is 31.8 Å². The van der Waals surface area contributed by atoms with E-state index in [1.54, 1.807) is 6.92 Å². The van der Waals surface area contributed by atoms with Crippen molar-refractivity contribution in [1.82, 2.24) is 14.9 Å². The molecular weight excluding hydrogens is 274 g/mol. The molecule has 4 heteroatoms. The maximum atomic E-state index is 11.5. The van der Waals surface area contributed by atoms with Crippen molar-refractivity contribution in [3.8, 4) is 11.3 Å². The number of hydrogen-bond donors (Lipinski definition) is 0. The number of nitrogens with zero attached hydrogens (tertiary/aromatic N) is 3. The molecule has 3 rings (SSSR count). The van der Waals surface area contributed by atoms with Gasteiger partial charge in [0.2, 0.25) is 5.91 Å². The third-order valence-corrected chi connectivity index (χ3v) is 4.22. The average molecular weight is 295 g/mol. The predicted molar refractivity (Wildman–Crippen MR) is 86.2 cm³/mol. The van der Waals surface area contributed by atoms with Gasteiger partial charge in [-0.25, -0.2) is 4.98 Å². The molecule has 22 heavy (non-hydrogen) atoms. The maximum absolute atomic E-state index is 11.5. The van der Waals surface area contributed by atoms with Crippen LogP contribution in [0.3, 0.4) is 0 Å². The summed E-state index contributed by atoms with van der Waals surface area (Å²) in [6.07, 6.45) is 6.77. The van der Waals surface area contributed by atoms with Crippen molar-refractivity contribution in [3.05, 3.63) is 48.4 Å². The number of carbonyl (C=O) groups excluding carboxylic acids is 1. The molecule has 1 fully saturated rings. The summed E-state index contributed by atoms with van der Waals surface area (Å²) in [5.41, 5.74) is 3.01. The minimum Gasteiger partial charge on any atom is -0.343 e. The van der Waals surface area contributed by atoms with Crippen molar-refractivity contribution < 1.29 is 4.79 Å². The van der Waals surface area contributed by atoms with Crippen LogP contribution in [0.2, 0.25) is 0 Å². The van der Waals surface area contributed by atoms with Crippen LogP contribution in [0.4, 0.5) is 0 Å². The minimum atomic E-state index is 0.175. The second kappa shape index (κ2) is 6.69. The van der Waals surface area contributed by atoms with E-state index >= 15 is 0 Å². The van der Waals surface area contributed by atoms with Gasteiger partial charge in [0.1, 0.15) is 0 Å². The first-order valence-electron chi connectivity index (χ1n) is 7.84. The van der Waals surface area contributed by atoms with Gasteiger partial charge in [0.05, 0.1) is 17.6 Å². The van der Waals surface area contributed by atoms with Gasteiger partial charge in [-0.15, -0.1) is 0 Å². The Morgan fingerprint density at radius 1 is 1.27 bits per heavy atom. The summed E-state index contributed by atoms with van der Waals surface area (Å²) >= 11 is 0. The summed E-state index contributed by atoms with van der Waals surface area (Å²) in [5.74, 6) is 0.659. The first-order valence-corrected chi connectivity index (χ1v) is 7.84. The van der Waals surface area contributed by atoms with Crippen molar-refractivity contribution in [3.63, 3.8) is 0 Å². The van der Waals surface area contributed by atoms with Crippen LogP contribution in [0.25, 0.3) is 11.3 Å². The molecular formula is C18H21N3O. The van der Waals surface area contributed by atoms with Crippen LogP contribution >= 0.6 is 0 Å². The van der Waals surface area contributed by atoms with Gasteiger partial charge in [-0.2, -0.15) is 0 Å². The van der Waals surface area contributed by atoms with Gasteiger partial charge in [-0.1, -0.05) is 30.3 Å². The number of rotatable bonds is 3. The molecule has 1 atom stereocenters. The highest BCUT2D eigenvalue weighted by Gasteiger charge is 2.22. The molecule has 1 saturated heterocycles. The molecule has 0 saturated carbocycles. The molecule has 114 valence electrons. The topological polar surface area (TPSA) is 46.1 Å². The lowest BCUT2D eigenvalue weighted by Crippen LogP contribution is -2.39. The predicted octanol–water partition coefficient (Wildman–Crippen LogP) is 2.94. The lowest BCUT2D eigenvalue weighted by molar-refractivity contribution is -0.130. The molecule has 0 spiro atoms. The zero-order valence-corrected chi connectivity index (χ0v) is 12.9. The highest BCUT2D eigenvalue weighted by Crippen LogP contribution is 2.21. The third-order valence-electron chi connectivity index (χ3n) is 4.22. The summed E-state index contributed by atoms with van der Waals surface area (Å²) < 4.78 is 0. The second-order valence-corrected chi connectivity index (χ2v) is 5.94. The first kappa shape index (κ1) is 14.7. The summed E-state index contributed by atoms with van der Waals surface area (Å²) in [6, 6.07) is 10.1. The SMILES string of the molecule is CC(=O)N1CCCC(Cc2cncc(-c3ccccc3)n2)C1. The largest absolute Gasteiger partial charge is 0.343 e. The lowest BCUT2D eigenvalue weighted by atomic mass is 9.93. The van der Waals surface area contributed by atoms with Crippen LogP contribution in [0, 0.1) is 5.92 Å². The zero-order chi connectivity index (χ0) is 15.4. The molecule has 1 aliphatic rings. The molecule has 4 nitrogen and oxygen atoms in total. The van der Waals surface area contributed by atoms with Gasteiger partial charge < -0.3 is 4.90 Å². The molecule has 0 aliphatic carbocycles. The van der Waals surface area contributed by atoms with Crippen LogP contribution < -0.4 is 0 Å². The van der Waals surface area contributed by atoms with Crippen LogP contribution in [0.15, 0.2) is 42.7 Å². The minimum absolute atomic E-state index is 0.175. The molecule has 1 aromatic heterocycles. The fourth-order valence-corrected chi connectivity index (χ4v) is 3.07. The summed E-state index contributed by atoms with van der Waals surface area (Å²) in [7, 11) is 0. The van der Waals surface area contributed by atoms with Gasteiger partial charge in [0.15, 0.2) is 0 Å². The molecule has 2 heterocycles. The van der Waals surface area contributed by atoms with E-state index < -0.39 is 0 Å². The molecule has 0 N–H and O–H groups in total. The fraction of sp³-hybridized carbons (Fsp3) is 0.389. The van der Waals surface area contributed by atoms with Crippen LogP contribution in [0.5, 0.6) is 0 Å². The second-order valence-electron chi connectivity index (χ2n) is 5.94. The van der Waals surface area contributed by atoms with Crippen molar-refractivity contribution in [2.45, 2.75) is 26.2 Å². The van der Waals surface area contributed by atoms with E-state index in [4.69, 9.17) is 4.98 Å². The van der Waals surface area contributed by atoms with Crippen molar-refractivity contribution in [2.75, 3.05) is 13.1 Å². The summed E-state index contributed by atoms with van der Waals surface area (Å²) in [4.78, 5) is 22.6. The van der Waals surface area contributed by atoms with E-state index in [2.05, 4.69) is 4.98 Å². The number of amides is 1. The van der Waals surface area contributed by atoms with Gasteiger partial charge in [0.25, 0.3) is 0 Å². The first-order chi connectivity index (χ1) is 10.7. The molecule has 0 radical (unpaired) electrons. The van der Waals surface area contributed by atoms with E-state index in [0.29, 0.717) is 5.92 Å². The Kier molecular flexibility index (Phi) is 4.47. The molecule has 1 unspecified atom stereocenters. The monoisotopic (exact) mass is 295 g/mol. The van der Waals surface area contributed by atoms with Gasteiger partial charge in [-0.05, 0) is 25.2 Å².